The molecule has 0 bridgehead atoms. The average Bonchev–Trinajstić information content (AvgIpc) is 3.23. The van der Waals surface area contributed by atoms with Crippen molar-refractivity contribution in [3.63, 3.8) is 0 Å². The van der Waals surface area contributed by atoms with Gasteiger partial charge in [0.25, 0.3) is 21.5 Å². The lowest BCUT2D eigenvalue weighted by Crippen LogP contribution is -2.33. The maximum atomic E-state index is 14.8. The molecule has 12 heteroatoms. The number of hydrogen-bond acceptors (Lipinski definition) is 5. The number of aromatic amines is 1. The SMILES string of the molecule is CC(=O)Cc1cccc(S(=O)(=O)NC(=O)c2c(-c3ccc[nH]c3=O)c3cc(Cl)ccc3n2Cc2ccc(F)cc2F)c1. The third kappa shape index (κ3) is 5.74. The first-order valence-corrected chi connectivity index (χ1v) is 14.4. The molecule has 5 rings (SSSR count). The van der Waals surface area contributed by atoms with E-state index in [0.717, 1.165) is 6.07 Å². The summed E-state index contributed by atoms with van der Waals surface area (Å²) in [7, 11) is -4.48. The number of benzene rings is 3. The summed E-state index contributed by atoms with van der Waals surface area (Å²) in [4.78, 5) is 40.7. The van der Waals surface area contributed by atoms with Crippen LogP contribution >= 0.6 is 11.6 Å². The van der Waals surface area contributed by atoms with Gasteiger partial charge in [-0.2, -0.15) is 0 Å². The molecule has 0 unspecified atom stereocenters. The molecule has 2 aromatic heterocycles. The minimum absolute atomic E-state index is 0.00350. The molecule has 2 N–H and O–H groups in total. The number of aromatic nitrogens is 2. The minimum atomic E-state index is -4.48. The molecular formula is C30H22ClF2N3O5S. The van der Waals surface area contributed by atoms with Crippen molar-refractivity contribution in [2.45, 2.75) is 24.8 Å². The molecule has 0 aliphatic heterocycles. The van der Waals surface area contributed by atoms with E-state index in [1.165, 1.54) is 66.2 Å². The smallest absolute Gasteiger partial charge is 0.282 e. The molecule has 0 aliphatic rings. The molecule has 3 aromatic carbocycles. The van der Waals surface area contributed by atoms with Crippen LogP contribution in [0, 0.1) is 11.6 Å². The lowest BCUT2D eigenvalue weighted by molar-refractivity contribution is -0.116. The molecule has 2 heterocycles. The number of nitrogens with one attached hydrogen (secondary N) is 2. The first-order valence-electron chi connectivity index (χ1n) is 12.5. The Hall–Kier alpha value is -4.61. The highest BCUT2D eigenvalue weighted by atomic mass is 35.5. The van der Waals surface area contributed by atoms with E-state index in [0.29, 0.717) is 22.5 Å². The van der Waals surface area contributed by atoms with Crippen molar-refractivity contribution in [3.05, 3.63) is 123 Å². The van der Waals surface area contributed by atoms with Gasteiger partial charge >= 0.3 is 0 Å². The molecule has 1 amide bonds. The molecule has 8 nitrogen and oxygen atoms in total. The van der Waals surface area contributed by atoms with Gasteiger partial charge in [-0.1, -0.05) is 29.8 Å². The van der Waals surface area contributed by atoms with Gasteiger partial charge in [-0.3, -0.25) is 14.4 Å². The number of sulfonamides is 1. The van der Waals surface area contributed by atoms with Crippen LogP contribution in [0.25, 0.3) is 22.0 Å². The summed E-state index contributed by atoms with van der Waals surface area (Å²) in [6.45, 7) is 1.05. The number of carbonyl (C=O) groups excluding carboxylic acids is 2. The highest BCUT2D eigenvalue weighted by Gasteiger charge is 2.29. The van der Waals surface area contributed by atoms with Crippen molar-refractivity contribution in [1.29, 1.82) is 0 Å². The van der Waals surface area contributed by atoms with E-state index < -0.39 is 33.1 Å². The molecule has 5 aromatic rings. The van der Waals surface area contributed by atoms with Gasteiger partial charge in [0, 0.05) is 51.3 Å². The van der Waals surface area contributed by atoms with Gasteiger partial charge in [0.05, 0.1) is 11.4 Å². The Morgan fingerprint density at radius 1 is 1.00 bits per heavy atom. The summed E-state index contributed by atoms with van der Waals surface area (Å²) in [6, 6.07) is 16.1. The van der Waals surface area contributed by atoms with E-state index in [9.17, 15) is 31.6 Å². The van der Waals surface area contributed by atoms with Crippen LogP contribution in [-0.4, -0.2) is 29.7 Å². The zero-order valence-corrected chi connectivity index (χ0v) is 23.5. The van der Waals surface area contributed by atoms with Crippen LogP contribution < -0.4 is 10.3 Å². The van der Waals surface area contributed by atoms with Crippen molar-refractivity contribution in [3.8, 4) is 11.1 Å². The van der Waals surface area contributed by atoms with Crippen LogP contribution in [0.3, 0.4) is 0 Å². The largest absolute Gasteiger partial charge is 0.331 e. The average molecular weight is 610 g/mol. The van der Waals surface area contributed by atoms with E-state index >= 15 is 0 Å². The Bertz CT molecular complexity index is 2050. The molecule has 0 saturated carbocycles. The maximum Gasteiger partial charge on any atom is 0.282 e. The number of pyridine rings is 1. The molecule has 0 atom stereocenters. The summed E-state index contributed by atoms with van der Waals surface area (Å²) in [5, 5.41) is 0.593. The third-order valence-corrected chi connectivity index (χ3v) is 8.12. The first-order chi connectivity index (χ1) is 19.9. The van der Waals surface area contributed by atoms with Gasteiger partial charge in [0.1, 0.15) is 23.1 Å². The summed E-state index contributed by atoms with van der Waals surface area (Å²) in [5.74, 6) is -2.97. The first kappa shape index (κ1) is 28.9. The zero-order valence-electron chi connectivity index (χ0n) is 22.0. The summed E-state index contributed by atoms with van der Waals surface area (Å²) in [6.07, 6.45) is 1.39. The second kappa shape index (κ2) is 11.3. The molecule has 0 aliphatic carbocycles. The fraction of sp³-hybridized carbons (Fsp3) is 0.100. The number of ketones is 1. The highest BCUT2D eigenvalue weighted by molar-refractivity contribution is 7.90. The fourth-order valence-corrected chi connectivity index (χ4v) is 5.97. The van der Waals surface area contributed by atoms with Crippen molar-refractivity contribution in [2.24, 2.45) is 0 Å². The molecular weight excluding hydrogens is 588 g/mol. The van der Waals surface area contributed by atoms with Gasteiger partial charge in [-0.25, -0.2) is 21.9 Å². The topological polar surface area (TPSA) is 118 Å². The van der Waals surface area contributed by atoms with Gasteiger partial charge in [0.2, 0.25) is 0 Å². The van der Waals surface area contributed by atoms with Crippen LogP contribution in [0.5, 0.6) is 0 Å². The Labute approximate surface area is 243 Å². The lowest BCUT2D eigenvalue weighted by atomic mass is 10.0. The molecule has 214 valence electrons. The van der Waals surface area contributed by atoms with Crippen molar-refractivity contribution < 1.29 is 26.8 Å². The van der Waals surface area contributed by atoms with Crippen LogP contribution in [0.4, 0.5) is 8.78 Å². The number of nitrogens with zero attached hydrogens (tertiary/aromatic N) is 1. The van der Waals surface area contributed by atoms with Gasteiger partial charge in [-0.15, -0.1) is 0 Å². The van der Waals surface area contributed by atoms with Gasteiger partial charge in [0.15, 0.2) is 0 Å². The molecule has 0 fully saturated rings. The third-order valence-electron chi connectivity index (χ3n) is 6.56. The number of fused-ring (bicyclic) bond motifs is 1. The normalized spacial score (nSPS) is 11.5. The molecule has 42 heavy (non-hydrogen) atoms. The van der Waals surface area contributed by atoms with Crippen LogP contribution in [0.15, 0.2) is 88.7 Å². The van der Waals surface area contributed by atoms with E-state index in [-0.39, 0.29) is 51.1 Å². The monoisotopic (exact) mass is 609 g/mol. The number of halogens is 3. The van der Waals surface area contributed by atoms with Crippen LogP contribution in [0.1, 0.15) is 28.5 Å². The fourth-order valence-electron chi connectivity index (χ4n) is 4.78. The number of Topliss-reactive ketones (excluding diaryl/α,β-unsaturated/α-hetero) is 1. The second-order valence-electron chi connectivity index (χ2n) is 9.58. The molecule has 0 saturated heterocycles. The van der Waals surface area contributed by atoms with Gasteiger partial charge in [-0.05, 0) is 61.0 Å². The summed E-state index contributed by atoms with van der Waals surface area (Å²) >= 11 is 6.28. The predicted molar refractivity (Wildman–Crippen MR) is 154 cm³/mol. The number of amides is 1. The van der Waals surface area contributed by atoms with Crippen molar-refractivity contribution in [1.82, 2.24) is 14.3 Å². The van der Waals surface area contributed by atoms with E-state index in [1.54, 1.807) is 12.1 Å². The predicted octanol–water partition coefficient (Wildman–Crippen LogP) is 5.23. The van der Waals surface area contributed by atoms with Crippen LogP contribution in [0.2, 0.25) is 5.02 Å². The Balaban J connectivity index is 1.72. The maximum absolute atomic E-state index is 14.8. The molecule has 0 radical (unpaired) electrons. The zero-order chi connectivity index (χ0) is 30.2. The van der Waals surface area contributed by atoms with Crippen LogP contribution in [-0.2, 0) is 27.8 Å². The quantitative estimate of drug-likeness (QED) is 0.250. The minimum Gasteiger partial charge on any atom is -0.331 e. The van der Waals surface area contributed by atoms with E-state index in [2.05, 4.69) is 9.71 Å². The standard InChI is InChI=1S/C30H22ClF2N3O5S/c1-17(37)12-18-4-2-5-22(13-18)42(40,41)35-30(39)28-27(23-6-3-11-34-29(23)38)24-14-20(31)8-10-26(24)36(28)16-19-7-9-21(32)15-25(19)33/h2-11,13-15H,12,16H2,1H3,(H,34,38)(H,35,39). The number of hydrogen-bond donors (Lipinski definition) is 2. The molecule has 0 spiro atoms. The van der Waals surface area contributed by atoms with Crippen molar-refractivity contribution >= 4 is 44.2 Å². The lowest BCUT2D eigenvalue weighted by Gasteiger charge is -2.14. The summed E-state index contributed by atoms with van der Waals surface area (Å²) in [5.41, 5.74) is 0.0429. The van der Waals surface area contributed by atoms with Gasteiger partial charge < -0.3 is 9.55 Å². The Kier molecular flexibility index (Phi) is 7.81. The second-order valence-corrected chi connectivity index (χ2v) is 11.7. The number of H-pyrrole nitrogens is 1. The van der Waals surface area contributed by atoms with Crippen molar-refractivity contribution in [2.75, 3.05) is 0 Å². The number of carbonyl (C=O) groups is 2. The van der Waals surface area contributed by atoms with E-state index in [1.807, 2.05) is 0 Å². The Morgan fingerprint density at radius 3 is 2.50 bits per heavy atom. The highest BCUT2D eigenvalue weighted by Crippen LogP contribution is 2.36. The Morgan fingerprint density at radius 2 is 1.79 bits per heavy atom. The number of rotatable bonds is 8. The van der Waals surface area contributed by atoms with E-state index in [4.69, 9.17) is 11.6 Å². The summed E-state index contributed by atoms with van der Waals surface area (Å²) < 4.78 is 58.6.